The highest BCUT2D eigenvalue weighted by Gasteiger charge is 2.47. The van der Waals surface area contributed by atoms with E-state index in [1.54, 1.807) is 0 Å². The molecule has 0 amide bonds. The summed E-state index contributed by atoms with van der Waals surface area (Å²) in [4.78, 5) is 0. The number of aliphatic hydroxyl groups is 1. The van der Waals surface area contributed by atoms with Crippen molar-refractivity contribution >= 4 is 0 Å². The predicted octanol–water partition coefficient (Wildman–Crippen LogP) is 5.19. The van der Waals surface area contributed by atoms with Crippen LogP contribution in [-0.4, -0.2) is 10.7 Å². The third-order valence-electron chi connectivity index (χ3n) is 6.22. The summed E-state index contributed by atoms with van der Waals surface area (Å²) >= 11 is 0. The fraction of sp³-hybridized carbons (Fsp3) is 0.895. The molecule has 0 aromatic heterocycles. The topological polar surface area (TPSA) is 20.2 Å². The second kappa shape index (κ2) is 6.22. The zero-order chi connectivity index (χ0) is 14.9. The van der Waals surface area contributed by atoms with Crippen LogP contribution >= 0.6 is 0 Å². The van der Waals surface area contributed by atoms with E-state index in [9.17, 15) is 5.11 Å². The normalized spacial score (nSPS) is 42.7. The Balaban J connectivity index is 2.19. The lowest BCUT2D eigenvalue weighted by atomic mass is 9.58. The summed E-state index contributed by atoms with van der Waals surface area (Å²) in [6.07, 6.45) is 8.25. The summed E-state index contributed by atoms with van der Waals surface area (Å²) in [6.45, 7) is 13.4. The van der Waals surface area contributed by atoms with E-state index in [0.717, 1.165) is 18.8 Å². The number of rotatable bonds is 3. The van der Waals surface area contributed by atoms with Crippen LogP contribution in [0.2, 0.25) is 0 Å². The van der Waals surface area contributed by atoms with Gasteiger partial charge in [-0.2, -0.15) is 0 Å². The van der Waals surface area contributed by atoms with Crippen LogP contribution in [0.3, 0.4) is 0 Å². The molecule has 0 heterocycles. The van der Waals surface area contributed by atoms with Crippen LogP contribution in [0.15, 0.2) is 12.2 Å². The first-order valence-electron chi connectivity index (χ1n) is 8.73. The molecule has 0 spiro atoms. The third-order valence-corrected chi connectivity index (χ3v) is 6.22. The fourth-order valence-electron chi connectivity index (χ4n) is 5.23. The zero-order valence-corrected chi connectivity index (χ0v) is 14.0. The van der Waals surface area contributed by atoms with Crippen molar-refractivity contribution in [2.75, 3.05) is 0 Å². The van der Waals surface area contributed by atoms with Crippen LogP contribution < -0.4 is 0 Å². The van der Waals surface area contributed by atoms with Crippen LogP contribution in [0, 0.1) is 29.6 Å². The zero-order valence-electron chi connectivity index (χ0n) is 14.0. The predicted molar refractivity (Wildman–Crippen MR) is 86.6 cm³/mol. The molecule has 0 aliphatic heterocycles. The molecule has 1 N–H and O–H groups in total. The Kier molecular flexibility index (Phi) is 5.00. The molecule has 5 atom stereocenters. The van der Waals surface area contributed by atoms with E-state index in [4.69, 9.17) is 0 Å². The summed E-state index contributed by atoms with van der Waals surface area (Å²) in [5.41, 5.74) is 0.846. The summed E-state index contributed by atoms with van der Waals surface area (Å²) in [5, 5.41) is 11.4. The minimum Gasteiger partial charge on any atom is -0.390 e. The minimum atomic E-state index is -0.425. The average molecular weight is 278 g/mol. The molecule has 5 unspecified atom stereocenters. The molecule has 1 heteroatoms. The van der Waals surface area contributed by atoms with E-state index in [1.807, 2.05) is 0 Å². The third kappa shape index (κ3) is 3.13. The van der Waals surface area contributed by atoms with E-state index in [0.29, 0.717) is 23.7 Å². The molecule has 0 aromatic carbocycles. The van der Waals surface area contributed by atoms with Crippen molar-refractivity contribution < 1.29 is 5.11 Å². The van der Waals surface area contributed by atoms with E-state index < -0.39 is 5.60 Å². The molecule has 116 valence electrons. The largest absolute Gasteiger partial charge is 0.390 e. The molecule has 0 bridgehead atoms. The van der Waals surface area contributed by atoms with Gasteiger partial charge in [0.2, 0.25) is 0 Å². The molecule has 2 saturated carbocycles. The van der Waals surface area contributed by atoms with Crippen LogP contribution in [-0.2, 0) is 0 Å². The van der Waals surface area contributed by atoms with Gasteiger partial charge >= 0.3 is 0 Å². The summed E-state index contributed by atoms with van der Waals surface area (Å²) in [6, 6.07) is 0. The van der Waals surface area contributed by atoms with Crippen molar-refractivity contribution in [3.8, 4) is 0 Å². The molecule has 20 heavy (non-hydrogen) atoms. The van der Waals surface area contributed by atoms with Gasteiger partial charge in [-0.3, -0.25) is 0 Å². The number of hydrogen-bond acceptors (Lipinski definition) is 1. The van der Waals surface area contributed by atoms with Crippen LogP contribution in [0.1, 0.15) is 72.6 Å². The Morgan fingerprint density at radius 1 is 1.20 bits per heavy atom. The molecular formula is C19H34O. The molecule has 0 saturated heterocycles. The van der Waals surface area contributed by atoms with Gasteiger partial charge in [0.05, 0.1) is 5.60 Å². The van der Waals surface area contributed by atoms with Crippen LogP contribution in [0.4, 0.5) is 0 Å². The van der Waals surface area contributed by atoms with Gasteiger partial charge in [-0.1, -0.05) is 45.8 Å². The van der Waals surface area contributed by atoms with E-state index in [-0.39, 0.29) is 0 Å². The Bertz CT molecular complexity index is 346. The Morgan fingerprint density at radius 3 is 2.50 bits per heavy atom. The lowest BCUT2D eigenvalue weighted by Gasteiger charge is -2.50. The van der Waals surface area contributed by atoms with Crippen molar-refractivity contribution in [2.24, 2.45) is 29.6 Å². The monoisotopic (exact) mass is 278 g/mol. The van der Waals surface area contributed by atoms with Crippen molar-refractivity contribution in [3.63, 3.8) is 0 Å². The SMILES string of the molecule is C=C(C)C1CCCC(O)(C2CCCC(C)C2C(C)C)C1. The smallest absolute Gasteiger partial charge is 0.0684 e. The number of allylic oxidation sites excluding steroid dienone is 1. The molecular weight excluding hydrogens is 244 g/mol. The van der Waals surface area contributed by atoms with Crippen LogP contribution in [0.25, 0.3) is 0 Å². The van der Waals surface area contributed by atoms with Gasteiger partial charge in [-0.05, 0) is 68.6 Å². The van der Waals surface area contributed by atoms with E-state index >= 15 is 0 Å². The number of hydrogen-bond donors (Lipinski definition) is 1. The second-order valence-electron chi connectivity index (χ2n) is 8.08. The molecule has 0 radical (unpaired) electrons. The maximum absolute atomic E-state index is 11.4. The highest BCUT2D eigenvalue weighted by Crippen LogP contribution is 2.50. The lowest BCUT2D eigenvalue weighted by Crippen LogP contribution is -2.49. The Hall–Kier alpha value is -0.300. The molecule has 2 aliphatic carbocycles. The molecule has 2 aliphatic rings. The van der Waals surface area contributed by atoms with Gasteiger partial charge in [-0.15, -0.1) is 0 Å². The van der Waals surface area contributed by atoms with Gasteiger partial charge < -0.3 is 5.11 Å². The standard InChI is InChI=1S/C19H34O/c1-13(2)16-9-7-11-19(20,12-16)17-10-6-8-15(5)18(17)14(3)4/h14-18,20H,1,6-12H2,2-5H3. The summed E-state index contributed by atoms with van der Waals surface area (Å²) in [5.74, 6) is 3.19. The van der Waals surface area contributed by atoms with Gasteiger partial charge in [-0.25, -0.2) is 0 Å². The van der Waals surface area contributed by atoms with Gasteiger partial charge in [0, 0.05) is 0 Å². The maximum atomic E-state index is 11.4. The Morgan fingerprint density at radius 2 is 1.90 bits per heavy atom. The Labute approximate surface area is 125 Å². The van der Waals surface area contributed by atoms with Gasteiger partial charge in [0.25, 0.3) is 0 Å². The molecule has 2 rings (SSSR count). The fourth-order valence-corrected chi connectivity index (χ4v) is 5.23. The van der Waals surface area contributed by atoms with Crippen LogP contribution in [0.5, 0.6) is 0 Å². The first kappa shape index (κ1) is 16.1. The lowest BCUT2D eigenvalue weighted by molar-refractivity contribution is -0.110. The minimum absolute atomic E-state index is 0.425. The first-order chi connectivity index (χ1) is 9.35. The van der Waals surface area contributed by atoms with Crippen molar-refractivity contribution in [1.82, 2.24) is 0 Å². The van der Waals surface area contributed by atoms with Crippen molar-refractivity contribution in [1.29, 1.82) is 0 Å². The maximum Gasteiger partial charge on any atom is 0.0684 e. The highest BCUT2D eigenvalue weighted by molar-refractivity contribution is 5.05. The van der Waals surface area contributed by atoms with Gasteiger partial charge in [0.1, 0.15) is 0 Å². The van der Waals surface area contributed by atoms with E-state index in [1.165, 1.54) is 37.7 Å². The molecule has 2 fully saturated rings. The summed E-state index contributed by atoms with van der Waals surface area (Å²) in [7, 11) is 0. The van der Waals surface area contributed by atoms with Crippen molar-refractivity contribution in [3.05, 3.63) is 12.2 Å². The molecule has 0 aromatic rings. The summed E-state index contributed by atoms with van der Waals surface area (Å²) < 4.78 is 0. The highest BCUT2D eigenvalue weighted by atomic mass is 16.3. The van der Waals surface area contributed by atoms with E-state index in [2.05, 4.69) is 34.3 Å². The second-order valence-corrected chi connectivity index (χ2v) is 8.08. The van der Waals surface area contributed by atoms with Crippen molar-refractivity contribution in [2.45, 2.75) is 78.2 Å². The quantitative estimate of drug-likeness (QED) is 0.704. The first-order valence-corrected chi connectivity index (χ1v) is 8.73. The average Bonchev–Trinajstić information content (AvgIpc) is 2.38. The molecule has 1 nitrogen and oxygen atoms in total. The van der Waals surface area contributed by atoms with Gasteiger partial charge in [0.15, 0.2) is 0 Å².